The first kappa shape index (κ1) is 19.4. The number of carbonyl (C=O) groups is 1. The maximum absolute atomic E-state index is 12.6. The molecule has 2 N–H and O–H groups in total. The third-order valence-corrected chi connectivity index (χ3v) is 4.15. The fourth-order valence-corrected chi connectivity index (χ4v) is 2.73. The van der Waals surface area contributed by atoms with Crippen LogP contribution in [0.4, 0.5) is 17.3 Å². The summed E-state index contributed by atoms with van der Waals surface area (Å²) in [6.45, 7) is 8.40. The van der Waals surface area contributed by atoms with E-state index in [2.05, 4.69) is 20.6 Å². The molecule has 0 unspecified atom stereocenters. The Morgan fingerprint density at radius 3 is 2.46 bits per heavy atom. The van der Waals surface area contributed by atoms with Gasteiger partial charge in [0.15, 0.2) is 0 Å². The molecule has 0 saturated heterocycles. The fourth-order valence-electron chi connectivity index (χ4n) is 2.73. The molecule has 6 nitrogen and oxygen atoms in total. The minimum atomic E-state index is -0.293. The average molecular weight is 376 g/mol. The van der Waals surface area contributed by atoms with Crippen LogP contribution < -0.4 is 15.4 Å². The molecule has 3 aromatic rings. The molecule has 0 radical (unpaired) electrons. The Hall–Kier alpha value is -3.41. The molecular formula is C22H24N4O2. The first-order valence-corrected chi connectivity index (χ1v) is 9.19. The van der Waals surface area contributed by atoms with E-state index >= 15 is 0 Å². The zero-order valence-electron chi connectivity index (χ0n) is 16.5. The van der Waals surface area contributed by atoms with Crippen molar-refractivity contribution < 1.29 is 9.53 Å². The highest BCUT2D eigenvalue weighted by molar-refractivity contribution is 6.03. The van der Waals surface area contributed by atoms with Gasteiger partial charge in [0.25, 0.3) is 5.91 Å². The molecule has 3 rings (SSSR count). The number of hydrogen-bond acceptors (Lipinski definition) is 5. The molecule has 0 aliphatic rings. The molecule has 1 heterocycles. The van der Waals surface area contributed by atoms with Crippen molar-refractivity contribution in [3.8, 4) is 5.75 Å². The molecule has 0 aliphatic heterocycles. The second-order valence-corrected chi connectivity index (χ2v) is 6.57. The van der Waals surface area contributed by atoms with Gasteiger partial charge in [-0.3, -0.25) is 4.79 Å². The second kappa shape index (κ2) is 8.52. The minimum absolute atomic E-state index is 0.293. The maximum atomic E-state index is 12.6. The zero-order valence-corrected chi connectivity index (χ0v) is 16.5. The number of nitrogens with one attached hydrogen (secondary N) is 2. The van der Waals surface area contributed by atoms with Gasteiger partial charge in [-0.15, -0.1) is 0 Å². The molecule has 0 fully saturated rings. The lowest BCUT2D eigenvalue weighted by Gasteiger charge is -2.11. The van der Waals surface area contributed by atoms with Crippen molar-refractivity contribution in [1.82, 2.24) is 9.97 Å². The summed E-state index contributed by atoms with van der Waals surface area (Å²) in [4.78, 5) is 21.4. The van der Waals surface area contributed by atoms with Crippen molar-refractivity contribution in [2.24, 2.45) is 0 Å². The summed E-state index contributed by atoms with van der Waals surface area (Å²) in [6.07, 6.45) is 0. The van der Waals surface area contributed by atoms with Crippen LogP contribution in [0.3, 0.4) is 0 Å². The standard InChI is InChI=1S/C22H24N4O2/c1-5-28-18-10-8-17(9-11-18)24-21(27)20-13-16(4)23-22(26-20)25-19-12-14(2)6-7-15(19)3/h6-13H,5H2,1-4H3,(H,24,27)(H,23,25,26). The van der Waals surface area contributed by atoms with Crippen molar-refractivity contribution in [1.29, 1.82) is 0 Å². The van der Waals surface area contributed by atoms with Gasteiger partial charge in [0.1, 0.15) is 11.4 Å². The van der Waals surface area contributed by atoms with Gasteiger partial charge < -0.3 is 15.4 Å². The van der Waals surface area contributed by atoms with Crippen LogP contribution in [-0.2, 0) is 0 Å². The first-order chi connectivity index (χ1) is 13.4. The molecule has 28 heavy (non-hydrogen) atoms. The molecular weight excluding hydrogens is 352 g/mol. The Morgan fingerprint density at radius 1 is 1.00 bits per heavy atom. The van der Waals surface area contributed by atoms with Gasteiger partial charge in [0, 0.05) is 17.1 Å². The molecule has 6 heteroatoms. The van der Waals surface area contributed by atoms with E-state index in [1.165, 1.54) is 0 Å². The van der Waals surface area contributed by atoms with Crippen molar-refractivity contribution in [3.05, 3.63) is 71.0 Å². The highest BCUT2D eigenvalue weighted by atomic mass is 16.5. The summed E-state index contributed by atoms with van der Waals surface area (Å²) in [5.74, 6) is 0.864. The van der Waals surface area contributed by atoms with E-state index in [1.54, 1.807) is 18.2 Å². The van der Waals surface area contributed by atoms with Crippen LogP contribution in [0, 0.1) is 20.8 Å². The number of benzene rings is 2. The predicted molar refractivity (Wildman–Crippen MR) is 112 cm³/mol. The van der Waals surface area contributed by atoms with Crippen LogP contribution >= 0.6 is 0 Å². The van der Waals surface area contributed by atoms with Crippen LogP contribution in [0.2, 0.25) is 0 Å². The molecule has 0 spiro atoms. The number of aromatic nitrogens is 2. The fraction of sp³-hybridized carbons (Fsp3) is 0.227. The number of hydrogen-bond donors (Lipinski definition) is 2. The Labute approximate surface area is 165 Å². The molecule has 2 aromatic carbocycles. The normalized spacial score (nSPS) is 10.4. The Morgan fingerprint density at radius 2 is 1.75 bits per heavy atom. The molecule has 0 saturated carbocycles. The van der Waals surface area contributed by atoms with Crippen molar-refractivity contribution in [2.75, 3.05) is 17.2 Å². The molecule has 144 valence electrons. The molecule has 0 aliphatic carbocycles. The van der Waals surface area contributed by atoms with Crippen molar-refractivity contribution in [3.63, 3.8) is 0 Å². The molecule has 1 amide bonds. The summed E-state index contributed by atoms with van der Waals surface area (Å²) in [6, 6.07) is 15.0. The topological polar surface area (TPSA) is 76.1 Å². The van der Waals surface area contributed by atoms with Crippen LogP contribution in [0.5, 0.6) is 5.75 Å². The van der Waals surface area contributed by atoms with E-state index in [0.717, 1.165) is 22.6 Å². The monoisotopic (exact) mass is 376 g/mol. The number of anilines is 3. The SMILES string of the molecule is CCOc1ccc(NC(=O)c2cc(C)nc(Nc3cc(C)ccc3C)n2)cc1. The Kier molecular flexibility index (Phi) is 5.89. The summed E-state index contributed by atoms with van der Waals surface area (Å²) in [5.41, 5.74) is 4.82. The number of ether oxygens (including phenoxy) is 1. The van der Waals surface area contributed by atoms with E-state index in [9.17, 15) is 4.79 Å². The number of amides is 1. The van der Waals surface area contributed by atoms with Gasteiger partial charge >= 0.3 is 0 Å². The predicted octanol–water partition coefficient (Wildman–Crippen LogP) is 4.80. The summed E-state index contributed by atoms with van der Waals surface area (Å²) in [5, 5.41) is 6.07. The summed E-state index contributed by atoms with van der Waals surface area (Å²) >= 11 is 0. The third kappa shape index (κ3) is 4.85. The molecule has 0 bridgehead atoms. The lowest BCUT2D eigenvalue weighted by atomic mass is 10.1. The van der Waals surface area contributed by atoms with Crippen LogP contribution in [0.15, 0.2) is 48.5 Å². The first-order valence-electron chi connectivity index (χ1n) is 9.19. The van der Waals surface area contributed by atoms with Gasteiger partial charge in [0.05, 0.1) is 6.61 Å². The van der Waals surface area contributed by atoms with Crippen molar-refractivity contribution in [2.45, 2.75) is 27.7 Å². The number of carbonyl (C=O) groups excluding carboxylic acids is 1. The smallest absolute Gasteiger partial charge is 0.274 e. The van der Waals surface area contributed by atoms with E-state index in [-0.39, 0.29) is 5.91 Å². The van der Waals surface area contributed by atoms with Gasteiger partial charge in [-0.25, -0.2) is 9.97 Å². The number of rotatable bonds is 6. The summed E-state index contributed by atoms with van der Waals surface area (Å²) < 4.78 is 5.41. The van der Waals surface area contributed by atoms with E-state index in [0.29, 0.717) is 29.6 Å². The van der Waals surface area contributed by atoms with E-state index < -0.39 is 0 Å². The number of nitrogens with zero attached hydrogens (tertiary/aromatic N) is 2. The lowest BCUT2D eigenvalue weighted by molar-refractivity contribution is 0.102. The van der Waals surface area contributed by atoms with E-state index in [1.807, 2.05) is 58.0 Å². The van der Waals surface area contributed by atoms with Crippen LogP contribution in [0.1, 0.15) is 34.2 Å². The number of aryl methyl sites for hydroxylation is 3. The van der Waals surface area contributed by atoms with Crippen LogP contribution in [-0.4, -0.2) is 22.5 Å². The van der Waals surface area contributed by atoms with Crippen LogP contribution in [0.25, 0.3) is 0 Å². The zero-order chi connectivity index (χ0) is 20.1. The molecule has 0 atom stereocenters. The largest absolute Gasteiger partial charge is 0.494 e. The van der Waals surface area contributed by atoms with Gasteiger partial charge in [-0.2, -0.15) is 0 Å². The quantitative estimate of drug-likeness (QED) is 0.646. The summed E-state index contributed by atoms with van der Waals surface area (Å²) in [7, 11) is 0. The maximum Gasteiger partial charge on any atom is 0.274 e. The lowest BCUT2D eigenvalue weighted by Crippen LogP contribution is -2.15. The third-order valence-electron chi connectivity index (χ3n) is 4.15. The Bertz CT molecular complexity index is 984. The Balaban J connectivity index is 1.78. The van der Waals surface area contributed by atoms with Gasteiger partial charge in [-0.05, 0) is 75.2 Å². The highest BCUT2D eigenvalue weighted by Gasteiger charge is 2.12. The highest BCUT2D eigenvalue weighted by Crippen LogP contribution is 2.21. The van der Waals surface area contributed by atoms with Crippen molar-refractivity contribution >= 4 is 23.2 Å². The minimum Gasteiger partial charge on any atom is -0.494 e. The average Bonchev–Trinajstić information content (AvgIpc) is 2.66. The second-order valence-electron chi connectivity index (χ2n) is 6.57. The van der Waals surface area contributed by atoms with Gasteiger partial charge in [-0.1, -0.05) is 12.1 Å². The molecule has 1 aromatic heterocycles. The van der Waals surface area contributed by atoms with Gasteiger partial charge in [0.2, 0.25) is 5.95 Å². The van der Waals surface area contributed by atoms with E-state index in [4.69, 9.17) is 4.74 Å².